The number of hydrogen-bond acceptors (Lipinski definition) is 2. The van der Waals surface area contributed by atoms with Crippen LogP contribution in [0.4, 0.5) is 0 Å². The molecule has 1 aromatic heterocycles. The molecule has 0 saturated heterocycles. The maximum absolute atomic E-state index is 5.41. The van der Waals surface area contributed by atoms with Crippen molar-refractivity contribution in [3.8, 4) is 33.9 Å². The fraction of sp³-hybridized carbons (Fsp3) is 0.111. The van der Waals surface area contributed by atoms with Crippen molar-refractivity contribution in [2.24, 2.45) is 0 Å². The third-order valence-corrected chi connectivity index (χ3v) is 3.50. The largest absolute Gasteiger partial charge is 0.497 e. The molecule has 106 valence electrons. The summed E-state index contributed by atoms with van der Waals surface area (Å²) in [4.78, 5) is 3.31. The summed E-state index contributed by atoms with van der Waals surface area (Å²) >= 11 is 0. The van der Waals surface area contributed by atoms with Gasteiger partial charge in [-0.3, -0.25) is 0 Å². The topological polar surface area (TPSA) is 34.2 Å². The van der Waals surface area contributed by atoms with Crippen molar-refractivity contribution in [1.29, 1.82) is 0 Å². The Labute approximate surface area is 124 Å². The van der Waals surface area contributed by atoms with Gasteiger partial charge in [-0.1, -0.05) is 18.2 Å². The van der Waals surface area contributed by atoms with E-state index in [1.165, 1.54) is 0 Å². The lowest BCUT2D eigenvalue weighted by atomic mass is 10.1. The molecule has 0 amide bonds. The van der Waals surface area contributed by atoms with Crippen LogP contribution < -0.4 is 9.47 Å². The summed E-state index contributed by atoms with van der Waals surface area (Å²) in [7, 11) is 3.36. The van der Waals surface area contributed by atoms with Crippen LogP contribution >= 0.6 is 0 Å². The van der Waals surface area contributed by atoms with Crippen molar-refractivity contribution in [2.75, 3.05) is 14.2 Å². The first-order chi connectivity index (χ1) is 10.3. The Kier molecular flexibility index (Phi) is 3.65. The molecule has 0 aliphatic carbocycles. The first kappa shape index (κ1) is 13.3. The highest BCUT2D eigenvalue weighted by molar-refractivity contribution is 5.75. The summed E-state index contributed by atoms with van der Waals surface area (Å²) < 4.78 is 10.6. The summed E-state index contributed by atoms with van der Waals surface area (Å²) in [5.41, 5.74) is 4.38. The van der Waals surface area contributed by atoms with Crippen LogP contribution in [0.25, 0.3) is 22.4 Å². The highest BCUT2D eigenvalue weighted by Gasteiger charge is 2.08. The molecule has 0 saturated carbocycles. The van der Waals surface area contributed by atoms with Crippen LogP contribution in [0, 0.1) is 0 Å². The molecular weight excluding hydrogens is 262 g/mol. The molecular formula is C18H17NO2. The van der Waals surface area contributed by atoms with Crippen molar-refractivity contribution >= 4 is 0 Å². The zero-order valence-electron chi connectivity index (χ0n) is 12.1. The van der Waals surface area contributed by atoms with Crippen molar-refractivity contribution in [1.82, 2.24) is 4.98 Å². The zero-order valence-corrected chi connectivity index (χ0v) is 12.1. The summed E-state index contributed by atoms with van der Waals surface area (Å²) in [6.07, 6.45) is 2.00. The van der Waals surface area contributed by atoms with Crippen LogP contribution in [-0.4, -0.2) is 19.2 Å². The Morgan fingerprint density at radius 3 is 2.29 bits per heavy atom. The first-order valence-electron chi connectivity index (χ1n) is 6.78. The second kappa shape index (κ2) is 5.75. The molecule has 0 bridgehead atoms. The minimum Gasteiger partial charge on any atom is -0.497 e. The van der Waals surface area contributed by atoms with Gasteiger partial charge >= 0.3 is 0 Å². The highest BCUT2D eigenvalue weighted by Crippen LogP contribution is 2.32. The summed E-state index contributed by atoms with van der Waals surface area (Å²) in [5.74, 6) is 1.73. The predicted octanol–water partition coefficient (Wildman–Crippen LogP) is 4.37. The molecule has 3 heteroatoms. The normalized spacial score (nSPS) is 10.4. The third-order valence-electron chi connectivity index (χ3n) is 3.50. The minimum atomic E-state index is 0.857. The van der Waals surface area contributed by atoms with Gasteiger partial charge in [-0.05, 0) is 42.0 Å². The van der Waals surface area contributed by atoms with E-state index in [9.17, 15) is 0 Å². The average Bonchev–Trinajstić information content (AvgIpc) is 3.04. The second-order valence-electron chi connectivity index (χ2n) is 4.73. The molecule has 0 aliphatic heterocycles. The number of hydrogen-bond donors (Lipinski definition) is 1. The number of nitrogens with one attached hydrogen (secondary N) is 1. The van der Waals surface area contributed by atoms with Gasteiger partial charge in [0, 0.05) is 23.0 Å². The molecule has 21 heavy (non-hydrogen) atoms. The van der Waals surface area contributed by atoms with Gasteiger partial charge in [-0.15, -0.1) is 0 Å². The minimum absolute atomic E-state index is 0.857. The summed E-state index contributed by atoms with van der Waals surface area (Å²) in [6, 6.07) is 18.1. The lowest BCUT2D eigenvalue weighted by Crippen LogP contribution is -1.85. The summed E-state index contributed by atoms with van der Waals surface area (Å²) in [5, 5.41) is 0. The van der Waals surface area contributed by atoms with Crippen LogP contribution in [0.1, 0.15) is 0 Å². The van der Waals surface area contributed by atoms with E-state index in [-0.39, 0.29) is 0 Å². The average molecular weight is 279 g/mol. The van der Waals surface area contributed by atoms with E-state index in [0.29, 0.717) is 0 Å². The van der Waals surface area contributed by atoms with Crippen molar-refractivity contribution in [3.05, 3.63) is 60.8 Å². The Morgan fingerprint density at radius 1 is 0.810 bits per heavy atom. The maximum atomic E-state index is 5.41. The number of methoxy groups -OCH3 is 2. The van der Waals surface area contributed by atoms with Crippen molar-refractivity contribution < 1.29 is 9.47 Å². The number of rotatable bonds is 4. The van der Waals surface area contributed by atoms with Crippen LogP contribution in [0.2, 0.25) is 0 Å². The Bertz CT molecular complexity index is 729. The number of aromatic nitrogens is 1. The fourth-order valence-corrected chi connectivity index (χ4v) is 2.37. The highest BCUT2D eigenvalue weighted by atomic mass is 16.5. The number of aromatic amines is 1. The fourth-order valence-electron chi connectivity index (χ4n) is 2.37. The van der Waals surface area contributed by atoms with Gasteiger partial charge in [0.2, 0.25) is 0 Å². The van der Waals surface area contributed by atoms with Gasteiger partial charge in [0.25, 0.3) is 0 Å². The molecule has 1 heterocycles. The molecule has 3 nitrogen and oxygen atoms in total. The van der Waals surface area contributed by atoms with E-state index in [4.69, 9.17) is 9.47 Å². The quantitative estimate of drug-likeness (QED) is 0.769. The molecule has 0 spiro atoms. The van der Waals surface area contributed by atoms with E-state index in [1.54, 1.807) is 14.2 Å². The van der Waals surface area contributed by atoms with Crippen LogP contribution in [0.5, 0.6) is 11.5 Å². The number of para-hydroxylation sites is 1. The predicted molar refractivity (Wildman–Crippen MR) is 84.8 cm³/mol. The molecule has 0 atom stereocenters. The second-order valence-corrected chi connectivity index (χ2v) is 4.73. The standard InChI is InChI=1S/C18H17NO2/c1-20-15-9-7-13(8-10-15)17-11-14(12-19-17)16-5-3-4-6-18(16)21-2/h3-12,19H,1-2H3. The van der Waals surface area contributed by atoms with Crippen LogP contribution in [-0.2, 0) is 0 Å². The molecule has 2 aromatic carbocycles. The molecule has 3 aromatic rings. The Morgan fingerprint density at radius 2 is 1.57 bits per heavy atom. The van der Waals surface area contributed by atoms with Crippen molar-refractivity contribution in [2.45, 2.75) is 0 Å². The van der Waals surface area contributed by atoms with Crippen LogP contribution in [0.3, 0.4) is 0 Å². The lowest BCUT2D eigenvalue weighted by Gasteiger charge is -2.05. The molecule has 0 fully saturated rings. The molecule has 0 aliphatic rings. The van der Waals surface area contributed by atoms with E-state index in [0.717, 1.165) is 33.9 Å². The van der Waals surface area contributed by atoms with E-state index in [1.807, 2.05) is 48.7 Å². The van der Waals surface area contributed by atoms with E-state index < -0.39 is 0 Å². The smallest absolute Gasteiger partial charge is 0.126 e. The summed E-state index contributed by atoms with van der Waals surface area (Å²) in [6.45, 7) is 0. The van der Waals surface area contributed by atoms with Crippen LogP contribution in [0.15, 0.2) is 60.8 Å². The van der Waals surface area contributed by atoms with E-state index >= 15 is 0 Å². The van der Waals surface area contributed by atoms with Gasteiger partial charge in [0.1, 0.15) is 11.5 Å². The molecule has 1 N–H and O–H groups in total. The third kappa shape index (κ3) is 2.63. The van der Waals surface area contributed by atoms with E-state index in [2.05, 4.69) is 17.1 Å². The van der Waals surface area contributed by atoms with Crippen molar-refractivity contribution in [3.63, 3.8) is 0 Å². The monoisotopic (exact) mass is 279 g/mol. The molecule has 3 rings (SSSR count). The van der Waals surface area contributed by atoms with Gasteiger partial charge in [-0.25, -0.2) is 0 Å². The number of benzene rings is 2. The molecule has 0 radical (unpaired) electrons. The lowest BCUT2D eigenvalue weighted by molar-refractivity contribution is 0.415. The van der Waals surface area contributed by atoms with Gasteiger partial charge in [0.05, 0.1) is 14.2 Å². The first-order valence-corrected chi connectivity index (χ1v) is 6.78. The Hall–Kier alpha value is -2.68. The number of ether oxygens (including phenoxy) is 2. The van der Waals surface area contributed by atoms with Gasteiger partial charge in [-0.2, -0.15) is 0 Å². The Balaban J connectivity index is 1.95. The maximum Gasteiger partial charge on any atom is 0.126 e. The van der Waals surface area contributed by atoms with Gasteiger partial charge < -0.3 is 14.5 Å². The zero-order chi connectivity index (χ0) is 14.7. The number of H-pyrrole nitrogens is 1. The SMILES string of the molecule is COc1ccc(-c2cc(-c3ccccc3OC)c[nH]2)cc1. The van der Waals surface area contributed by atoms with Gasteiger partial charge in [0.15, 0.2) is 0 Å². The molecule has 0 unspecified atom stereocenters.